The van der Waals surface area contributed by atoms with Gasteiger partial charge in [0.05, 0.1) is 17.1 Å². The minimum Gasteiger partial charge on any atom is -0.372 e. The van der Waals surface area contributed by atoms with E-state index in [2.05, 4.69) is 11.0 Å². The molecule has 1 aromatic rings. The number of aromatic nitrogens is 1. The van der Waals surface area contributed by atoms with Crippen LogP contribution in [-0.2, 0) is 16.1 Å². The number of hydrogen-bond acceptors (Lipinski definition) is 7. The summed E-state index contributed by atoms with van der Waals surface area (Å²) in [5.74, 6) is 0.700. The number of anilines is 1. The first-order chi connectivity index (χ1) is 16.8. The molecular weight excluding hydrogens is 480 g/mol. The summed E-state index contributed by atoms with van der Waals surface area (Å²) in [4.78, 5) is 31.4. The molecule has 35 heavy (non-hydrogen) atoms. The molecule has 3 fully saturated rings. The number of morpholine rings is 1. The van der Waals surface area contributed by atoms with E-state index in [0.29, 0.717) is 34.4 Å². The number of nitrogens with zero attached hydrogens (tertiary/aromatic N) is 4. The van der Waals surface area contributed by atoms with Crippen LogP contribution in [0.15, 0.2) is 9.70 Å². The van der Waals surface area contributed by atoms with Gasteiger partial charge in [-0.05, 0) is 51.7 Å². The van der Waals surface area contributed by atoms with Gasteiger partial charge >= 0.3 is 0 Å². The molecule has 0 bridgehead atoms. The van der Waals surface area contributed by atoms with Crippen molar-refractivity contribution in [1.82, 2.24) is 9.47 Å². The Morgan fingerprint density at radius 3 is 2.43 bits per heavy atom. The Hall–Kier alpha value is -2.15. The largest absolute Gasteiger partial charge is 0.372 e. The molecule has 2 unspecified atom stereocenters. The Kier molecular flexibility index (Phi) is 8.04. The van der Waals surface area contributed by atoms with Crippen LogP contribution in [0.25, 0.3) is 6.08 Å². The fourth-order valence-corrected chi connectivity index (χ4v) is 6.91. The van der Waals surface area contributed by atoms with E-state index in [1.165, 1.54) is 18.2 Å². The monoisotopic (exact) mass is 514 g/mol. The first kappa shape index (κ1) is 25.9. The summed E-state index contributed by atoms with van der Waals surface area (Å²) < 4.78 is 8.26. The molecule has 0 N–H and O–H groups in total. The quantitative estimate of drug-likeness (QED) is 0.420. The van der Waals surface area contributed by atoms with Crippen molar-refractivity contribution in [1.29, 1.82) is 5.26 Å². The van der Waals surface area contributed by atoms with Gasteiger partial charge in [-0.15, -0.1) is 0 Å². The number of rotatable bonds is 5. The molecule has 0 aromatic carbocycles. The molecule has 1 aromatic heterocycles. The maximum Gasteiger partial charge on any atom is 0.270 e. The zero-order chi connectivity index (χ0) is 25.3. The third-order valence-electron chi connectivity index (χ3n) is 7.05. The van der Waals surface area contributed by atoms with Gasteiger partial charge < -0.3 is 9.64 Å². The van der Waals surface area contributed by atoms with E-state index >= 15 is 0 Å². The molecule has 3 heterocycles. The molecule has 4 rings (SSSR count). The molecule has 2 saturated heterocycles. The van der Waals surface area contributed by atoms with Gasteiger partial charge in [0.2, 0.25) is 0 Å². The highest BCUT2D eigenvalue weighted by molar-refractivity contribution is 8.26. The van der Waals surface area contributed by atoms with Crippen molar-refractivity contribution in [3.8, 4) is 6.07 Å². The van der Waals surface area contributed by atoms with Gasteiger partial charge in [0.15, 0.2) is 0 Å². The maximum atomic E-state index is 13.5. The van der Waals surface area contributed by atoms with Gasteiger partial charge in [-0.2, -0.15) is 5.26 Å². The number of pyridine rings is 1. The highest BCUT2D eigenvalue weighted by Crippen LogP contribution is 2.39. The predicted octanol–water partition coefficient (Wildman–Crippen LogP) is 4.59. The molecule has 2 atom stereocenters. The number of amides is 1. The van der Waals surface area contributed by atoms with E-state index in [4.69, 9.17) is 17.0 Å². The van der Waals surface area contributed by atoms with Crippen molar-refractivity contribution in [2.45, 2.75) is 91.0 Å². The molecule has 7 nitrogen and oxygen atoms in total. The first-order valence-corrected chi connectivity index (χ1v) is 13.8. The van der Waals surface area contributed by atoms with Crippen molar-refractivity contribution in [3.63, 3.8) is 0 Å². The predicted molar refractivity (Wildman–Crippen MR) is 145 cm³/mol. The molecule has 0 radical (unpaired) electrons. The summed E-state index contributed by atoms with van der Waals surface area (Å²) >= 11 is 6.97. The average molecular weight is 515 g/mol. The molecule has 1 aliphatic carbocycles. The summed E-state index contributed by atoms with van der Waals surface area (Å²) in [6.45, 7) is 9.62. The lowest BCUT2D eigenvalue weighted by atomic mass is 9.94. The standard InChI is InChI=1S/C26H34N4O3S2/c1-5-11-29-23(28-14-16(2)33-17(3)15-28)20(18(4)21(13-27)24(29)31)12-22-25(32)30(26(34)35-22)19-9-7-6-8-10-19/h12,16-17,19H,5-11,14-15H2,1-4H3. The molecular formula is C26H34N4O3S2. The van der Waals surface area contributed by atoms with Crippen LogP contribution in [0.5, 0.6) is 0 Å². The van der Waals surface area contributed by atoms with Crippen LogP contribution in [0.2, 0.25) is 0 Å². The average Bonchev–Trinajstić information content (AvgIpc) is 3.10. The van der Waals surface area contributed by atoms with E-state index in [-0.39, 0.29) is 35.3 Å². The van der Waals surface area contributed by atoms with Gasteiger partial charge in [0, 0.05) is 31.2 Å². The van der Waals surface area contributed by atoms with Crippen LogP contribution in [0.1, 0.15) is 76.0 Å². The van der Waals surface area contributed by atoms with Crippen molar-refractivity contribution in [2.24, 2.45) is 0 Å². The SMILES string of the molecule is CCCn1c(N2CC(C)OC(C)C2)c(C=C2SC(=S)N(C3CCCCC3)C2=O)c(C)c(C#N)c1=O. The maximum absolute atomic E-state index is 13.5. The Morgan fingerprint density at radius 2 is 1.83 bits per heavy atom. The smallest absolute Gasteiger partial charge is 0.270 e. The van der Waals surface area contributed by atoms with Gasteiger partial charge in [-0.3, -0.25) is 19.1 Å². The Balaban J connectivity index is 1.86. The molecule has 188 valence electrons. The minimum atomic E-state index is -0.277. The van der Waals surface area contributed by atoms with E-state index in [9.17, 15) is 14.9 Å². The van der Waals surface area contributed by atoms with Crippen molar-refractivity contribution in [2.75, 3.05) is 18.0 Å². The van der Waals surface area contributed by atoms with Gasteiger partial charge in [-0.1, -0.05) is 50.2 Å². The van der Waals surface area contributed by atoms with Crippen LogP contribution in [0.4, 0.5) is 5.82 Å². The van der Waals surface area contributed by atoms with Gasteiger partial charge in [-0.25, -0.2) is 0 Å². The number of thioether (sulfide) groups is 1. The first-order valence-electron chi connectivity index (χ1n) is 12.6. The molecule has 1 amide bonds. The fourth-order valence-electron chi connectivity index (χ4n) is 5.53. The Morgan fingerprint density at radius 1 is 1.17 bits per heavy atom. The summed E-state index contributed by atoms with van der Waals surface area (Å²) in [5.41, 5.74) is 1.21. The molecule has 9 heteroatoms. The molecule has 0 spiro atoms. The number of carbonyl (C=O) groups excluding carboxylic acids is 1. The van der Waals surface area contributed by atoms with E-state index < -0.39 is 0 Å². The van der Waals surface area contributed by atoms with Crippen molar-refractivity contribution < 1.29 is 9.53 Å². The second-order valence-electron chi connectivity index (χ2n) is 9.81. The van der Waals surface area contributed by atoms with E-state index in [0.717, 1.165) is 43.5 Å². The topological polar surface area (TPSA) is 78.6 Å². The molecule has 1 saturated carbocycles. The van der Waals surface area contributed by atoms with Crippen molar-refractivity contribution in [3.05, 3.63) is 31.9 Å². The van der Waals surface area contributed by atoms with Gasteiger partial charge in [0.25, 0.3) is 11.5 Å². The number of ether oxygens (including phenoxy) is 1. The zero-order valence-corrected chi connectivity index (χ0v) is 22.6. The lowest BCUT2D eigenvalue weighted by molar-refractivity contribution is -0.124. The summed E-state index contributed by atoms with van der Waals surface area (Å²) in [6, 6.07) is 2.28. The number of nitriles is 1. The van der Waals surface area contributed by atoms with Crippen LogP contribution < -0.4 is 10.5 Å². The lowest BCUT2D eigenvalue weighted by Gasteiger charge is -2.39. The highest BCUT2D eigenvalue weighted by Gasteiger charge is 2.38. The summed E-state index contributed by atoms with van der Waals surface area (Å²) in [6.07, 6.45) is 8.01. The fraction of sp³-hybridized carbons (Fsp3) is 0.615. The second kappa shape index (κ2) is 10.9. The highest BCUT2D eigenvalue weighted by atomic mass is 32.2. The third-order valence-corrected chi connectivity index (χ3v) is 8.38. The number of hydrogen-bond donors (Lipinski definition) is 0. The minimum absolute atomic E-state index is 0.00256. The van der Waals surface area contributed by atoms with Crippen LogP contribution >= 0.6 is 24.0 Å². The Labute approximate surface area is 217 Å². The molecule has 2 aliphatic heterocycles. The zero-order valence-electron chi connectivity index (χ0n) is 21.0. The van der Waals surface area contributed by atoms with Crippen molar-refractivity contribution >= 4 is 46.1 Å². The molecule has 3 aliphatic rings. The second-order valence-corrected chi connectivity index (χ2v) is 11.5. The number of thiocarbonyl (C=S) groups is 1. The van der Waals surface area contributed by atoms with E-state index in [1.54, 1.807) is 16.4 Å². The van der Waals surface area contributed by atoms with E-state index in [1.807, 2.05) is 26.8 Å². The third kappa shape index (κ3) is 5.07. The number of carbonyl (C=O) groups is 1. The van der Waals surface area contributed by atoms with Gasteiger partial charge in [0.1, 0.15) is 21.8 Å². The normalized spacial score (nSPS) is 24.9. The lowest BCUT2D eigenvalue weighted by Crippen LogP contribution is -2.48. The van der Waals surface area contributed by atoms with Crippen LogP contribution in [0, 0.1) is 18.3 Å². The summed E-state index contributed by atoms with van der Waals surface area (Å²) in [7, 11) is 0. The van der Waals surface area contributed by atoms with Crippen LogP contribution in [-0.4, -0.2) is 51.0 Å². The summed E-state index contributed by atoms with van der Waals surface area (Å²) in [5, 5.41) is 9.85. The van der Waals surface area contributed by atoms with Crippen LogP contribution in [0.3, 0.4) is 0 Å². The Bertz CT molecular complexity index is 1140.